The van der Waals surface area contributed by atoms with E-state index in [2.05, 4.69) is 0 Å². The standard InChI is InChI=1S/C19H27NO5/c1-7-23-12-24-17-16(15-13(2)9-8-10-14(15)3)18(21)20(19(17,4)5)25-11-22-6/h8-10H,7,11-12H2,1-6H3. The highest BCUT2D eigenvalue weighted by Crippen LogP contribution is 2.42. The van der Waals surface area contributed by atoms with Crippen molar-refractivity contribution in [1.29, 1.82) is 0 Å². The Hall–Kier alpha value is -1.89. The molecule has 6 nitrogen and oxygen atoms in total. The Morgan fingerprint density at radius 2 is 1.76 bits per heavy atom. The number of rotatable bonds is 8. The van der Waals surface area contributed by atoms with E-state index in [1.807, 2.05) is 52.8 Å². The lowest BCUT2D eigenvalue weighted by atomic mass is 9.93. The third-order valence-corrected chi connectivity index (χ3v) is 4.21. The zero-order chi connectivity index (χ0) is 18.6. The van der Waals surface area contributed by atoms with Crippen LogP contribution in [0.3, 0.4) is 0 Å². The van der Waals surface area contributed by atoms with Gasteiger partial charge in [0.25, 0.3) is 5.91 Å². The molecule has 0 saturated heterocycles. The van der Waals surface area contributed by atoms with Crippen molar-refractivity contribution < 1.29 is 23.8 Å². The molecule has 6 heteroatoms. The third-order valence-electron chi connectivity index (χ3n) is 4.21. The molecule has 1 amide bonds. The van der Waals surface area contributed by atoms with Crippen LogP contribution in [0.5, 0.6) is 0 Å². The van der Waals surface area contributed by atoms with Crippen molar-refractivity contribution in [3.8, 4) is 0 Å². The first kappa shape index (κ1) is 19.4. The fraction of sp³-hybridized carbons (Fsp3) is 0.526. The van der Waals surface area contributed by atoms with Crippen LogP contribution in [0, 0.1) is 13.8 Å². The Kier molecular flexibility index (Phi) is 6.21. The monoisotopic (exact) mass is 349 g/mol. The van der Waals surface area contributed by atoms with E-state index in [0.717, 1.165) is 16.7 Å². The van der Waals surface area contributed by atoms with Gasteiger partial charge < -0.3 is 14.2 Å². The van der Waals surface area contributed by atoms with Crippen LogP contribution in [0.15, 0.2) is 24.0 Å². The summed E-state index contributed by atoms with van der Waals surface area (Å²) in [7, 11) is 1.51. The van der Waals surface area contributed by atoms with Crippen molar-refractivity contribution in [3.05, 3.63) is 40.6 Å². The maximum Gasteiger partial charge on any atom is 0.282 e. The van der Waals surface area contributed by atoms with E-state index in [1.165, 1.54) is 12.2 Å². The van der Waals surface area contributed by atoms with E-state index in [1.54, 1.807) is 0 Å². The van der Waals surface area contributed by atoms with Gasteiger partial charge in [0.15, 0.2) is 13.6 Å². The zero-order valence-corrected chi connectivity index (χ0v) is 15.8. The number of nitrogens with zero attached hydrogens (tertiary/aromatic N) is 1. The average Bonchev–Trinajstić information content (AvgIpc) is 2.73. The van der Waals surface area contributed by atoms with Crippen LogP contribution in [0.25, 0.3) is 5.57 Å². The highest BCUT2D eigenvalue weighted by molar-refractivity contribution is 6.23. The molecule has 1 heterocycles. The molecule has 1 aliphatic rings. The summed E-state index contributed by atoms with van der Waals surface area (Å²) in [5, 5.41) is 1.32. The molecule has 1 aromatic rings. The van der Waals surface area contributed by atoms with E-state index in [4.69, 9.17) is 19.0 Å². The Labute approximate surface area is 149 Å². The van der Waals surface area contributed by atoms with Crippen molar-refractivity contribution in [2.75, 3.05) is 27.3 Å². The first-order valence-electron chi connectivity index (χ1n) is 8.34. The summed E-state index contributed by atoms with van der Waals surface area (Å²) < 4.78 is 16.2. The van der Waals surface area contributed by atoms with Crippen molar-refractivity contribution >= 4 is 11.5 Å². The van der Waals surface area contributed by atoms with Gasteiger partial charge in [-0.2, -0.15) is 0 Å². The molecule has 1 aromatic carbocycles. The van der Waals surface area contributed by atoms with Gasteiger partial charge in [-0.25, -0.2) is 9.90 Å². The smallest absolute Gasteiger partial charge is 0.282 e. The van der Waals surface area contributed by atoms with Crippen LogP contribution in [0.1, 0.15) is 37.5 Å². The molecule has 25 heavy (non-hydrogen) atoms. The lowest BCUT2D eigenvalue weighted by Crippen LogP contribution is -2.44. The molecule has 0 atom stereocenters. The minimum absolute atomic E-state index is 0.0199. The minimum Gasteiger partial charge on any atom is -0.468 e. The highest BCUT2D eigenvalue weighted by Gasteiger charge is 2.49. The summed E-state index contributed by atoms with van der Waals surface area (Å²) in [6, 6.07) is 5.93. The van der Waals surface area contributed by atoms with Crippen molar-refractivity contribution in [1.82, 2.24) is 5.06 Å². The predicted octanol–water partition coefficient (Wildman–Crippen LogP) is 3.18. The SMILES string of the molecule is CCOCOC1=C(c2c(C)cccc2C)C(=O)N(OCOC)C1(C)C. The fourth-order valence-corrected chi connectivity index (χ4v) is 3.04. The van der Waals surface area contributed by atoms with Gasteiger partial charge in [0, 0.05) is 13.7 Å². The summed E-state index contributed by atoms with van der Waals surface area (Å²) in [6.45, 7) is 10.2. The molecule has 0 N–H and O–H groups in total. The zero-order valence-electron chi connectivity index (χ0n) is 15.8. The lowest BCUT2D eigenvalue weighted by molar-refractivity contribution is -0.240. The summed E-state index contributed by atoms with van der Waals surface area (Å²) >= 11 is 0. The van der Waals surface area contributed by atoms with Gasteiger partial charge in [-0.1, -0.05) is 18.2 Å². The van der Waals surface area contributed by atoms with Gasteiger partial charge in [-0.3, -0.25) is 4.79 Å². The Bertz CT molecular complexity index is 646. The molecule has 138 valence electrons. The van der Waals surface area contributed by atoms with Gasteiger partial charge in [-0.15, -0.1) is 0 Å². The molecule has 0 radical (unpaired) electrons. The molecular formula is C19H27NO5. The van der Waals surface area contributed by atoms with Crippen LogP contribution in [0.2, 0.25) is 0 Å². The summed E-state index contributed by atoms with van der Waals surface area (Å²) in [6.07, 6.45) is 0. The second kappa shape index (κ2) is 7.99. The number of aryl methyl sites for hydroxylation is 2. The predicted molar refractivity (Wildman–Crippen MR) is 94.3 cm³/mol. The lowest BCUT2D eigenvalue weighted by Gasteiger charge is -2.31. The number of amides is 1. The van der Waals surface area contributed by atoms with E-state index in [9.17, 15) is 4.79 Å². The molecule has 0 unspecified atom stereocenters. The van der Waals surface area contributed by atoms with Gasteiger partial charge in [0.2, 0.25) is 0 Å². The highest BCUT2D eigenvalue weighted by atomic mass is 16.8. The molecule has 0 aliphatic carbocycles. The van der Waals surface area contributed by atoms with Crippen LogP contribution >= 0.6 is 0 Å². The quantitative estimate of drug-likeness (QED) is 0.533. The molecule has 0 fully saturated rings. The summed E-state index contributed by atoms with van der Waals surface area (Å²) in [4.78, 5) is 18.7. The van der Waals surface area contributed by atoms with Crippen molar-refractivity contribution in [2.45, 2.75) is 40.2 Å². The normalized spacial score (nSPS) is 16.7. The van der Waals surface area contributed by atoms with Crippen molar-refractivity contribution in [2.24, 2.45) is 0 Å². The first-order valence-corrected chi connectivity index (χ1v) is 8.34. The molecule has 0 saturated carbocycles. The van der Waals surface area contributed by atoms with E-state index < -0.39 is 5.54 Å². The van der Waals surface area contributed by atoms with Gasteiger partial charge in [0.05, 0.1) is 5.57 Å². The Morgan fingerprint density at radius 1 is 1.12 bits per heavy atom. The van der Waals surface area contributed by atoms with E-state index in [0.29, 0.717) is 17.9 Å². The number of hydroxylamine groups is 2. The largest absolute Gasteiger partial charge is 0.468 e. The third kappa shape index (κ3) is 3.71. The molecule has 0 bridgehead atoms. The summed E-state index contributed by atoms with van der Waals surface area (Å²) in [5.74, 6) is 0.297. The number of methoxy groups -OCH3 is 1. The number of hydrogen-bond donors (Lipinski definition) is 0. The van der Waals surface area contributed by atoms with E-state index >= 15 is 0 Å². The number of carbonyl (C=O) groups is 1. The molecular weight excluding hydrogens is 322 g/mol. The van der Waals surface area contributed by atoms with Crippen LogP contribution in [0.4, 0.5) is 0 Å². The van der Waals surface area contributed by atoms with Gasteiger partial charge in [-0.05, 0) is 51.3 Å². The van der Waals surface area contributed by atoms with Crippen LogP contribution in [-0.2, 0) is 23.8 Å². The van der Waals surface area contributed by atoms with Crippen LogP contribution in [-0.4, -0.2) is 43.8 Å². The van der Waals surface area contributed by atoms with E-state index in [-0.39, 0.29) is 19.5 Å². The average molecular weight is 349 g/mol. The molecule has 1 aliphatic heterocycles. The maximum absolute atomic E-state index is 13.1. The second-order valence-corrected chi connectivity index (χ2v) is 6.42. The van der Waals surface area contributed by atoms with Crippen molar-refractivity contribution in [3.63, 3.8) is 0 Å². The number of benzene rings is 1. The molecule has 2 rings (SSSR count). The number of ether oxygens (including phenoxy) is 3. The minimum atomic E-state index is -0.781. The second-order valence-electron chi connectivity index (χ2n) is 6.42. The van der Waals surface area contributed by atoms with Gasteiger partial charge >= 0.3 is 0 Å². The fourth-order valence-electron chi connectivity index (χ4n) is 3.04. The topological polar surface area (TPSA) is 57.2 Å². The molecule has 0 aromatic heterocycles. The van der Waals surface area contributed by atoms with Gasteiger partial charge in [0.1, 0.15) is 11.3 Å². The Morgan fingerprint density at radius 3 is 2.32 bits per heavy atom. The maximum atomic E-state index is 13.1. The molecule has 0 spiro atoms. The Balaban J connectivity index is 2.55. The number of hydrogen-bond acceptors (Lipinski definition) is 5. The summed E-state index contributed by atoms with van der Waals surface area (Å²) in [5.41, 5.74) is 2.61. The first-order chi connectivity index (χ1) is 11.9. The van der Waals surface area contributed by atoms with Crippen LogP contribution < -0.4 is 0 Å². The number of carbonyl (C=O) groups excluding carboxylic acids is 1.